The third-order valence-electron chi connectivity index (χ3n) is 3.41. The molecule has 0 unspecified atom stereocenters. The summed E-state index contributed by atoms with van der Waals surface area (Å²) in [7, 11) is 0. The summed E-state index contributed by atoms with van der Waals surface area (Å²) in [6.07, 6.45) is 1.01. The van der Waals surface area contributed by atoms with Crippen molar-refractivity contribution in [3.05, 3.63) is 47.7 Å². The van der Waals surface area contributed by atoms with Crippen LogP contribution >= 0.6 is 0 Å². The molecule has 2 aromatic rings. The third kappa shape index (κ3) is 5.25. The van der Waals surface area contributed by atoms with Crippen LogP contribution in [0, 0.1) is 6.92 Å². The largest absolute Gasteiger partial charge is 0.360 e. The molecule has 0 fully saturated rings. The van der Waals surface area contributed by atoms with E-state index >= 15 is 0 Å². The number of nitrogens with one attached hydrogen (secondary N) is 1. The van der Waals surface area contributed by atoms with E-state index in [0.29, 0.717) is 18.1 Å². The van der Waals surface area contributed by atoms with Gasteiger partial charge in [-0.2, -0.15) is 0 Å². The second-order valence-electron chi connectivity index (χ2n) is 5.30. The zero-order valence-electron chi connectivity index (χ0n) is 13.4. The molecule has 0 saturated carbocycles. The van der Waals surface area contributed by atoms with Gasteiger partial charge in [0, 0.05) is 32.5 Å². The molecule has 0 spiro atoms. The second-order valence-corrected chi connectivity index (χ2v) is 5.30. The van der Waals surface area contributed by atoms with Gasteiger partial charge in [0.1, 0.15) is 5.76 Å². The van der Waals surface area contributed by atoms with E-state index in [9.17, 15) is 9.59 Å². The Balaban J connectivity index is 1.77. The van der Waals surface area contributed by atoms with Gasteiger partial charge in [0.2, 0.25) is 11.8 Å². The number of nitrogens with zero attached hydrogens (tertiary/aromatic N) is 2. The van der Waals surface area contributed by atoms with Crippen molar-refractivity contribution >= 4 is 17.6 Å². The van der Waals surface area contributed by atoms with Crippen LogP contribution in [0.25, 0.3) is 0 Å². The highest BCUT2D eigenvalue weighted by molar-refractivity contribution is 5.91. The molecule has 23 heavy (non-hydrogen) atoms. The Kier molecular flexibility index (Phi) is 5.91. The Bertz CT molecular complexity index is 652. The first-order valence-corrected chi connectivity index (χ1v) is 7.58. The maximum absolute atomic E-state index is 11.9. The second kappa shape index (κ2) is 8.12. The van der Waals surface area contributed by atoms with Crippen molar-refractivity contribution in [1.82, 2.24) is 10.5 Å². The molecule has 0 aliphatic carbocycles. The molecule has 0 aliphatic heterocycles. The Morgan fingerprint density at radius 2 is 2.00 bits per heavy atom. The van der Waals surface area contributed by atoms with E-state index in [2.05, 4.69) is 10.5 Å². The van der Waals surface area contributed by atoms with Crippen molar-refractivity contribution in [1.29, 1.82) is 0 Å². The first kappa shape index (κ1) is 16.7. The molecule has 6 nitrogen and oxygen atoms in total. The molecule has 0 bridgehead atoms. The summed E-state index contributed by atoms with van der Waals surface area (Å²) >= 11 is 0. The minimum absolute atomic E-state index is 0.0904. The van der Waals surface area contributed by atoms with Gasteiger partial charge < -0.3 is 9.84 Å². The molecule has 0 aliphatic rings. The summed E-state index contributed by atoms with van der Waals surface area (Å²) in [6, 6.07) is 11.6. The van der Waals surface area contributed by atoms with E-state index in [0.717, 1.165) is 6.42 Å². The van der Waals surface area contributed by atoms with E-state index in [1.807, 2.05) is 30.3 Å². The Morgan fingerprint density at radius 1 is 1.26 bits per heavy atom. The predicted molar refractivity (Wildman–Crippen MR) is 87.0 cm³/mol. The molecule has 1 heterocycles. The molecule has 1 aromatic heterocycles. The van der Waals surface area contributed by atoms with Crippen molar-refractivity contribution < 1.29 is 14.1 Å². The number of aryl methyl sites for hydroxylation is 1. The highest BCUT2D eigenvalue weighted by Gasteiger charge is 2.16. The molecule has 2 amide bonds. The van der Waals surface area contributed by atoms with Crippen LogP contribution in [-0.2, 0) is 16.0 Å². The minimum Gasteiger partial charge on any atom is -0.360 e. The van der Waals surface area contributed by atoms with Gasteiger partial charge in [-0.25, -0.2) is 0 Å². The summed E-state index contributed by atoms with van der Waals surface area (Å²) in [6.45, 7) is 4.05. The zero-order chi connectivity index (χ0) is 16.7. The molecule has 122 valence electrons. The van der Waals surface area contributed by atoms with Gasteiger partial charge in [-0.05, 0) is 18.9 Å². The molecule has 2 rings (SSSR count). The lowest BCUT2D eigenvalue weighted by atomic mass is 10.1. The molecule has 6 heteroatoms. The first-order chi connectivity index (χ1) is 11.1. The lowest BCUT2D eigenvalue weighted by Crippen LogP contribution is -2.34. The van der Waals surface area contributed by atoms with Crippen LogP contribution < -0.4 is 10.2 Å². The fourth-order valence-electron chi connectivity index (χ4n) is 2.21. The smallest absolute Gasteiger partial charge is 0.225 e. The highest BCUT2D eigenvalue weighted by atomic mass is 16.5. The monoisotopic (exact) mass is 315 g/mol. The SMILES string of the molecule is CC(=O)N(CCC(=O)NCCc1ccccc1)c1cc(C)on1. The van der Waals surface area contributed by atoms with Crippen molar-refractivity contribution in [2.24, 2.45) is 0 Å². The van der Waals surface area contributed by atoms with Crippen LogP contribution in [0.15, 0.2) is 40.9 Å². The van der Waals surface area contributed by atoms with Crippen molar-refractivity contribution in [3.8, 4) is 0 Å². The van der Waals surface area contributed by atoms with E-state index < -0.39 is 0 Å². The van der Waals surface area contributed by atoms with Crippen molar-refractivity contribution in [3.63, 3.8) is 0 Å². The number of hydrogen-bond donors (Lipinski definition) is 1. The number of benzene rings is 1. The minimum atomic E-state index is -0.171. The number of carbonyl (C=O) groups excluding carboxylic acids is 2. The fourth-order valence-corrected chi connectivity index (χ4v) is 2.21. The van der Waals surface area contributed by atoms with Gasteiger partial charge in [-0.3, -0.25) is 14.5 Å². The Hall–Kier alpha value is -2.63. The molecule has 0 saturated heterocycles. The van der Waals surface area contributed by atoms with Crippen LogP contribution in [0.2, 0.25) is 0 Å². The number of hydrogen-bond acceptors (Lipinski definition) is 4. The summed E-state index contributed by atoms with van der Waals surface area (Å²) < 4.78 is 4.97. The van der Waals surface area contributed by atoms with E-state index in [4.69, 9.17) is 4.52 Å². The number of rotatable bonds is 7. The molecule has 1 N–H and O–H groups in total. The standard InChI is InChI=1S/C17H21N3O3/c1-13-12-16(19-23-13)20(14(2)21)11-9-17(22)18-10-8-15-6-4-3-5-7-15/h3-7,12H,8-11H2,1-2H3,(H,18,22). The number of carbonyl (C=O) groups is 2. The number of amides is 2. The van der Waals surface area contributed by atoms with Gasteiger partial charge >= 0.3 is 0 Å². The van der Waals surface area contributed by atoms with Gasteiger partial charge in [0.15, 0.2) is 5.82 Å². The van der Waals surface area contributed by atoms with Crippen LogP contribution in [0.4, 0.5) is 5.82 Å². The summed E-state index contributed by atoms with van der Waals surface area (Å²) in [5.74, 6) is 0.799. The average Bonchev–Trinajstić information content (AvgIpc) is 2.94. The van der Waals surface area contributed by atoms with Gasteiger partial charge in [-0.1, -0.05) is 35.5 Å². The third-order valence-corrected chi connectivity index (χ3v) is 3.41. The van der Waals surface area contributed by atoms with E-state index in [1.165, 1.54) is 17.4 Å². The normalized spacial score (nSPS) is 10.3. The molecular weight excluding hydrogens is 294 g/mol. The Morgan fingerprint density at radius 3 is 2.61 bits per heavy atom. The predicted octanol–water partition coefficient (Wildman–Crippen LogP) is 2.08. The summed E-state index contributed by atoms with van der Waals surface area (Å²) in [4.78, 5) is 25.0. The topological polar surface area (TPSA) is 75.4 Å². The van der Waals surface area contributed by atoms with Gasteiger partial charge in [0.05, 0.1) is 0 Å². The van der Waals surface area contributed by atoms with Crippen LogP contribution in [-0.4, -0.2) is 30.1 Å². The van der Waals surface area contributed by atoms with Crippen molar-refractivity contribution in [2.75, 3.05) is 18.0 Å². The maximum atomic E-state index is 11.9. The van der Waals surface area contributed by atoms with Crippen LogP contribution in [0.3, 0.4) is 0 Å². The quantitative estimate of drug-likeness (QED) is 0.849. The molecule has 0 atom stereocenters. The van der Waals surface area contributed by atoms with Crippen LogP contribution in [0.5, 0.6) is 0 Å². The van der Waals surface area contributed by atoms with Gasteiger partial charge in [0.25, 0.3) is 0 Å². The Labute approximate surface area is 135 Å². The number of aromatic nitrogens is 1. The van der Waals surface area contributed by atoms with Gasteiger partial charge in [-0.15, -0.1) is 0 Å². The fraction of sp³-hybridized carbons (Fsp3) is 0.353. The number of anilines is 1. The molecule has 0 radical (unpaired) electrons. The summed E-state index contributed by atoms with van der Waals surface area (Å²) in [5, 5.41) is 6.68. The maximum Gasteiger partial charge on any atom is 0.225 e. The molecule has 1 aromatic carbocycles. The average molecular weight is 315 g/mol. The van der Waals surface area contributed by atoms with Crippen LogP contribution in [0.1, 0.15) is 24.7 Å². The first-order valence-electron chi connectivity index (χ1n) is 7.58. The zero-order valence-corrected chi connectivity index (χ0v) is 13.4. The summed E-state index contributed by atoms with van der Waals surface area (Å²) in [5.41, 5.74) is 1.18. The van der Waals surface area contributed by atoms with E-state index in [-0.39, 0.29) is 24.8 Å². The lowest BCUT2D eigenvalue weighted by Gasteiger charge is -2.17. The van der Waals surface area contributed by atoms with Crippen molar-refractivity contribution in [2.45, 2.75) is 26.7 Å². The highest BCUT2D eigenvalue weighted by Crippen LogP contribution is 2.14. The lowest BCUT2D eigenvalue weighted by molar-refractivity contribution is -0.121. The van der Waals surface area contributed by atoms with E-state index in [1.54, 1.807) is 13.0 Å². The molecular formula is C17H21N3O3.